The number of nitro benzene ring substituents is 2. The molecule has 4 saturated heterocycles. The largest absolute Gasteiger partial charge is 0.508 e. The van der Waals surface area contributed by atoms with Crippen molar-refractivity contribution in [2.45, 2.75) is 24.6 Å². The Labute approximate surface area is 400 Å². The van der Waals surface area contributed by atoms with Gasteiger partial charge in [0.25, 0.3) is 11.8 Å². The zero-order valence-electron chi connectivity index (χ0n) is 38.0. The predicted molar refractivity (Wildman–Crippen MR) is 238 cm³/mol. The van der Waals surface area contributed by atoms with Crippen molar-refractivity contribution in [3.8, 4) is 17.2 Å². The van der Waals surface area contributed by atoms with Crippen molar-refractivity contribution >= 4 is 38.5 Å². The summed E-state index contributed by atoms with van der Waals surface area (Å²) in [6.45, 7) is 2.86. The molecule has 0 aromatic heterocycles. The van der Waals surface area contributed by atoms with Crippen LogP contribution in [0, 0.1) is 26.0 Å². The number of halogens is 7. The van der Waals surface area contributed by atoms with Crippen LogP contribution in [0.15, 0.2) is 84.9 Å². The number of ether oxygens (including phenoxy) is 1. The van der Waals surface area contributed by atoms with Gasteiger partial charge in [0.05, 0.1) is 9.85 Å². The van der Waals surface area contributed by atoms with Crippen molar-refractivity contribution in [3.05, 3.63) is 133 Å². The minimum absolute atomic E-state index is 0.0602. The number of alkyl halides is 6. The molecule has 0 saturated carbocycles. The fourth-order valence-electron chi connectivity index (χ4n) is 6.38. The average molecular weight is 1050 g/mol. The quantitative estimate of drug-likeness (QED) is 0.0365. The highest BCUT2D eigenvalue weighted by atomic mass is 31.2. The summed E-state index contributed by atoms with van der Waals surface area (Å²) in [7, 11) is -1.16. The molecule has 0 spiro atoms. The van der Waals surface area contributed by atoms with Gasteiger partial charge in [-0.15, -0.1) is 0 Å². The van der Waals surface area contributed by atoms with Crippen LogP contribution in [-0.2, 0) is 18.2 Å². The monoisotopic (exact) mass is 1050 g/mol. The number of carbonyl (C=O) groups excluding carboxylic acids is 2. The molecule has 0 aliphatic carbocycles. The summed E-state index contributed by atoms with van der Waals surface area (Å²) in [5.74, 6) is -1.96. The molecule has 4 aromatic carbocycles. The van der Waals surface area contributed by atoms with Crippen molar-refractivity contribution in [2.75, 3.05) is 80.5 Å². The molecule has 2 atom stereocenters. The van der Waals surface area contributed by atoms with Gasteiger partial charge in [-0.1, -0.05) is 0 Å². The molecule has 4 aliphatic rings. The molecule has 4 aromatic rings. The van der Waals surface area contributed by atoms with Crippen molar-refractivity contribution in [3.63, 3.8) is 0 Å². The highest BCUT2D eigenvalue weighted by Gasteiger charge is 2.57. The average Bonchev–Trinajstić information content (AvgIpc) is 4.10. The van der Waals surface area contributed by atoms with E-state index >= 15 is 0 Å². The Morgan fingerprint density at radius 1 is 0.606 bits per heavy atom. The number of amides is 2. The van der Waals surface area contributed by atoms with Crippen LogP contribution in [-0.4, -0.2) is 148 Å². The maximum atomic E-state index is 14.0. The first-order valence-electron chi connectivity index (χ1n) is 21.1. The van der Waals surface area contributed by atoms with E-state index in [0.29, 0.717) is 75.6 Å². The van der Waals surface area contributed by atoms with Crippen LogP contribution in [0.25, 0.3) is 0 Å². The predicted octanol–water partition coefficient (Wildman–Crippen LogP) is 8.64. The lowest BCUT2D eigenvalue weighted by molar-refractivity contribution is -0.387. The number of nitro groups is 2. The van der Waals surface area contributed by atoms with Crippen molar-refractivity contribution in [1.82, 2.24) is 28.5 Å². The molecule has 8 rings (SSSR count). The van der Waals surface area contributed by atoms with E-state index in [1.54, 1.807) is 40.3 Å². The van der Waals surface area contributed by atoms with Crippen molar-refractivity contribution in [2.24, 2.45) is 0 Å². The van der Waals surface area contributed by atoms with E-state index in [2.05, 4.69) is 0 Å². The number of hydrogen-bond donors (Lipinski definition) is 1. The number of benzene rings is 4. The first-order chi connectivity index (χ1) is 33.1. The molecule has 20 nitrogen and oxygen atoms in total. The summed E-state index contributed by atoms with van der Waals surface area (Å²) in [6, 6.07) is 16.2. The van der Waals surface area contributed by atoms with Crippen LogP contribution in [0.1, 0.15) is 44.1 Å². The minimum Gasteiger partial charge on any atom is -0.508 e. The Balaban J connectivity index is 0.000000197. The minimum atomic E-state index is -4.95. The molecule has 2 amide bonds. The molecular weight excluding hydrogens is 1000 g/mol. The van der Waals surface area contributed by atoms with Gasteiger partial charge in [0.2, 0.25) is 11.6 Å². The van der Waals surface area contributed by atoms with Gasteiger partial charge in [0.15, 0.2) is 12.2 Å². The topological polar surface area (TPSA) is 221 Å². The third-order valence-corrected chi connectivity index (χ3v) is 15.8. The van der Waals surface area contributed by atoms with Gasteiger partial charge in [0, 0.05) is 104 Å². The SMILES string of the molecule is CN(C)C(=O)c1ccc(O)cc1.CN(C)C(=O)c1ccc(Oc2cc(C(OP(=O)(N3CC3)N3CC3)C(F)(F)F)ccc2[N+](=O)[O-])cc1.O=[N+]([O-])c1ccc(C(OP(=O)(N2CC2)N2CC2)C(F)(F)F)cc1F. The van der Waals surface area contributed by atoms with Crippen LogP contribution in [0.3, 0.4) is 0 Å². The summed E-state index contributed by atoms with van der Waals surface area (Å²) >= 11 is 0. The second kappa shape index (κ2) is 21.3. The molecule has 29 heteroatoms. The normalized spacial score (nSPS) is 16.8. The van der Waals surface area contributed by atoms with Crippen molar-refractivity contribution in [1.29, 1.82) is 0 Å². The smallest absolute Gasteiger partial charge is 0.419 e. The van der Waals surface area contributed by atoms with Crippen LogP contribution in [0.2, 0.25) is 0 Å². The van der Waals surface area contributed by atoms with Gasteiger partial charge in [-0.2, -0.15) is 30.7 Å². The number of carbonyl (C=O) groups is 2. The highest BCUT2D eigenvalue weighted by Crippen LogP contribution is 2.66. The summed E-state index contributed by atoms with van der Waals surface area (Å²) in [4.78, 5) is 46.4. The second-order valence-corrected chi connectivity index (χ2v) is 21.0. The van der Waals surface area contributed by atoms with Crippen LogP contribution in [0.5, 0.6) is 17.2 Å². The molecule has 384 valence electrons. The third kappa shape index (κ3) is 13.7. The molecule has 4 aliphatic heterocycles. The van der Waals surface area contributed by atoms with Crippen LogP contribution >= 0.6 is 15.3 Å². The Morgan fingerprint density at radius 3 is 1.28 bits per heavy atom. The Bertz CT molecular complexity index is 2690. The van der Waals surface area contributed by atoms with Crippen LogP contribution in [0.4, 0.5) is 42.1 Å². The number of phenolic OH excluding ortho intramolecular Hbond substituents is 1. The molecule has 4 fully saturated rings. The maximum absolute atomic E-state index is 14.0. The molecular formula is C42H45F7N8O12P2. The Hall–Kier alpha value is -6.05. The highest BCUT2D eigenvalue weighted by molar-refractivity contribution is 7.54. The van der Waals surface area contributed by atoms with E-state index in [9.17, 15) is 69.7 Å². The van der Waals surface area contributed by atoms with Crippen molar-refractivity contribution < 1.29 is 78.2 Å². The van der Waals surface area contributed by atoms with Gasteiger partial charge in [-0.05, 0) is 83.9 Å². The molecule has 2 unspecified atom stereocenters. The first-order valence-corrected chi connectivity index (χ1v) is 24.1. The first kappa shape index (κ1) is 54.3. The van der Waals surface area contributed by atoms with E-state index < -0.39 is 83.8 Å². The summed E-state index contributed by atoms with van der Waals surface area (Å²) in [5.41, 5.74) is -1.76. The molecule has 0 bridgehead atoms. The molecule has 71 heavy (non-hydrogen) atoms. The zero-order valence-corrected chi connectivity index (χ0v) is 39.7. The fourth-order valence-corrected chi connectivity index (χ4v) is 11.0. The Morgan fingerprint density at radius 2 is 0.958 bits per heavy atom. The van der Waals surface area contributed by atoms with E-state index in [1.165, 1.54) is 64.9 Å². The van der Waals surface area contributed by atoms with E-state index in [1.807, 2.05) is 0 Å². The number of aromatic hydroxyl groups is 1. The van der Waals surface area contributed by atoms with Gasteiger partial charge < -0.3 is 19.6 Å². The lowest BCUT2D eigenvalue weighted by Gasteiger charge is -2.28. The summed E-state index contributed by atoms with van der Waals surface area (Å²) < 4.78 is 143. The standard InChI is InChI=1S/C21H22F3N4O6P.C12H12F4N3O4P.C9H11NO2/c1-25(2)20(29)14-3-6-16(7-4-14)33-18-13-15(5-8-17(18)28(30)31)19(21(22,23)24)34-35(32,26-9-10-26)27-11-12-27;13-9-7-8(1-2-10(9)19(20)21)11(12(14,15)16)23-24(22,17-3-4-17)18-5-6-18;1-10(2)9(12)7-3-5-8(11)6-4-7/h3-8,13,19H,9-12H2,1-2H3;1-2,7,11H,3-6H2;3-6,11H,1-2H3. The molecule has 0 radical (unpaired) electrons. The number of nitrogens with zero attached hydrogens (tertiary/aromatic N) is 8. The molecule has 4 heterocycles. The Kier molecular flexibility index (Phi) is 16.3. The molecule has 1 N–H and O–H groups in total. The second-order valence-electron chi connectivity index (χ2n) is 16.4. The number of rotatable bonds is 16. The maximum Gasteiger partial charge on any atom is 0.419 e. The lowest BCUT2D eigenvalue weighted by atomic mass is 10.1. The zero-order chi connectivity index (χ0) is 52.4. The van der Waals surface area contributed by atoms with Gasteiger partial charge >= 0.3 is 39.1 Å². The van der Waals surface area contributed by atoms with Gasteiger partial charge in [-0.25, -0.2) is 18.7 Å². The van der Waals surface area contributed by atoms with Gasteiger partial charge in [0.1, 0.15) is 11.5 Å². The summed E-state index contributed by atoms with van der Waals surface area (Å²) in [5, 5.41) is 31.0. The van der Waals surface area contributed by atoms with E-state index in [-0.39, 0.29) is 23.3 Å². The van der Waals surface area contributed by atoms with Gasteiger partial charge in [-0.3, -0.25) is 48.0 Å². The van der Waals surface area contributed by atoms with Crippen LogP contribution < -0.4 is 4.74 Å². The number of hydrogen-bond acceptors (Lipinski definition) is 12. The van der Waals surface area contributed by atoms with E-state index in [4.69, 9.17) is 18.9 Å². The lowest BCUT2D eigenvalue weighted by Crippen LogP contribution is -2.25. The number of phenols is 1. The fraction of sp³-hybridized carbons (Fsp3) is 0.381. The third-order valence-electron chi connectivity index (χ3n) is 10.4. The summed E-state index contributed by atoms with van der Waals surface area (Å²) in [6.07, 6.45) is -15.1. The van der Waals surface area contributed by atoms with E-state index in [0.717, 1.165) is 24.3 Å².